The molecule has 1 aromatic heterocycles. The van der Waals surface area contributed by atoms with E-state index in [0.29, 0.717) is 12.3 Å². The number of para-hydroxylation sites is 2. The average Bonchev–Trinajstić information content (AvgIpc) is 2.82. The van der Waals surface area contributed by atoms with Crippen molar-refractivity contribution in [3.63, 3.8) is 0 Å². The van der Waals surface area contributed by atoms with Crippen LogP contribution in [-0.2, 0) is 6.54 Å². The molecule has 2 aromatic rings. The van der Waals surface area contributed by atoms with Gasteiger partial charge in [0.05, 0.1) is 18.0 Å². The highest BCUT2D eigenvalue weighted by molar-refractivity contribution is 5.51. The number of aryl methyl sites for hydroxylation is 1. The zero-order valence-corrected chi connectivity index (χ0v) is 12.0. The van der Waals surface area contributed by atoms with Crippen LogP contribution in [0.25, 0.3) is 0 Å². The first-order valence-corrected chi connectivity index (χ1v) is 6.73. The van der Waals surface area contributed by atoms with Crippen LogP contribution in [0.3, 0.4) is 0 Å². The summed E-state index contributed by atoms with van der Waals surface area (Å²) >= 11 is 0. The van der Waals surface area contributed by atoms with E-state index in [0.717, 1.165) is 36.7 Å². The molecule has 0 saturated carbocycles. The lowest BCUT2D eigenvalue weighted by Gasteiger charge is -2.15. The lowest BCUT2D eigenvalue weighted by molar-refractivity contribution is 0.255. The summed E-state index contributed by atoms with van der Waals surface area (Å²) in [6.07, 6.45) is 0.932. The fourth-order valence-corrected chi connectivity index (χ4v) is 1.98. The van der Waals surface area contributed by atoms with Gasteiger partial charge in [-0.1, -0.05) is 17.3 Å². The van der Waals surface area contributed by atoms with Gasteiger partial charge in [-0.2, -0.15) is 0 Å². The van der Waals surface area contributed by atoms with Gasteiger partial charge in [0.15, 0.2) is 0 Å². The number of ether oxygens (including phenoxy) is 1. The molecule has 2 rings (SSSR count). The number of nitrogens with zero attached hydrogens (tertiary/aromatic N) is 2. The fraction of sp³-hybridized carbons (Fsp3) is 0.400. The summed E-state index contributed by atoms with van der Waals surface area (Å²) in [5, 5.41) is 3.98. The molecule has 1 heterocycles. The second kappa shape index (κ2) is 6.96. The Kier molecular flexibility index (Phi) is 5.01. The van der Waals surface area contributed by atoms with E-state index in [9.17, 15) is 0 Å². The number of benzene rings is 1. The Morgan fingerprint density at radius 3 is 2.85 bits per heavy atom. The van der Waals surface area contributed by atoms with Crippen LogP contribution in [0, 0.1) is 6.92 Å². The maximum atomic E-state index is 5.81. The molecule has 0 bridgehead atoms. The third-order valence-corrected chi connectivity index (χ3v) is 2.97. The SMILES string of the molecule is Cc1cc(CN(C)CCCOc2ccccc2N)no1. The molecule has 108 valence electrons. The summed E-state index contributed by atoms with van der Waals surface area (Å²) < 4.78 is 10.7. The van der Waals surface area contributed by atoms with E-state index < -0.39 is 0 Å². The van der Waals surface area contributed by atoms with Gasteiger partial charge in [-0.05, 0) is 32.5 Å². The molecule has 0 fully saturated rings. The molecule has 5 heteroatoms. The van der Waals surface area contributed by atoms with Crippen molar-refractivity contribution in [2.75, 3.05) is 25.9 Å². The van der Waals surface area contributed by atoms with Crippen molar-refractivity contribution in [3.8, 4) is 5.75 Å². The van der Waals surface area contributed by atoms with E-state index in [1.165, 1.54) is 0 Å². The zero-order chi connectivity index (χ0) is 14.4. The molecule has 0 aliphatic heterocycles. The molecule has 1 aromatic carbocycles. The van der Waals surface area contributed by atoms with Crippen molar-refractivity contribution < 1.29 is 9.26 Å². The summed E-state index contributed by atoms with van der Waals surface area (Å²) in [6.45, 7) is 4.26. The summed E-state index contributed by atoms with van der Waals surface area (Å²) in [7, 11) is 2.06. The Labute approximate surface area is 119 Å². The van der Waals surface area contributed by atoms with Crippen molar-refractivity contribution in [2.24, 2.45) is 0 Å². The zero-order valence-electron chi connectivity index (χ0n) is 12.0. The molecular weight excluding hydrogens is 254 g/mol. The highest BCUT2D eigenvalue weighted by atomic mass is 16.5. The van der Waals surface area contributed by atoms with E-state index in [4.69, 9.17) is 15.0 Å². The van der Waals surface area contributed by atoms with Gasteiger partial charge in [0.25, 0.3) is 0 Å². The average molecular weight is 275 g/mol. The lowest BCUT2D eigenvalue weighted by Crippen LogP contribution is -2.21. The van der Waals surface area contributed by atoms with E-state index >= 15 is 0 Å². The number of rotatable bonds is 7. The van der Waals surface area contributed by atoms with Crippen molar-refractivity contribution in [3.05, 3.63) is 41.8 Å². The van der Waals surface area contributed by atoms with Crippen molar-refractivity contribution in [1.29, 1.82) is 0 Å². The van der Waals surface area contributed by atoms with Crippen LogP contribution in [0.5, 0.6) is 5.75 Å². The third kappa shape index (κ3) is 4.28. The van der Waals surface area contributed by atoms with Crippen LogP contribution in [0.15, 0.2) is 34.9 Å². The second-order valence-corrected chi connectivity index (χ2v) is 4.91. The smallest absolute Gasteiger partial charge is 0.142 e. The predicted molar refractivity (Wildman–Crippen MR) is 78.5 cm³/mol. The summed E-state index contributed by atoms with van der Waals surface area (Å²) in [5.41, 5.74) is 7.45. The van der Waals surface area contributed by atoms with E-state index in [1.807, 2.05) is 37.3 Å². The quantitative estimate of drug-likeness (QED) is 0.621. The Bertz CT molecular complexity index is 539. The number of nitrogen functional groups attached to an aromatic ring is 1. The second-order valence-electron chi connectivity index (χ2n) is 4.91. The summed E-state index contributed by atoms with van der Waals surface area (Å²) in [4.78, 5) is 2.19. The van der Waals surface area contributed by atoms with E-state index in [1.54, 1.807) is 0 Å². The molecule has 0 aliphatic rings. The van der Waals surface area contributed by atoms with Gasteiger partial charge in [-0.3, -0.25) is 0 Å². The Hall–Kier alpha value is -2.01. The monoisotopic (exact) mass is 275 g/mol. The normalized spacial score (nSPS) is 10.9. The Morgan fingerprint density at radius 1 is 1.35 bits per heavy atom. The number of hydrogen-bond donors (Lipinski definition) is 1. The van der Waals surface area contributed by atoms with Gasteiger partial charge < -0.3 is 19.9 Å². The summed E-state index contributed by atoms with van der Waals surface area (Å²) in [6, 6.07) is 9.50. The highest BCUT2D eigenvalue weighted by Crippen LogP contribution is 2.19. The maximum absolute atomic E-state index is 5.81. The Morgan fingerprint density at radius 2 is 2.15 bits per heavy atom. The molecule has 0 unspecified atom stereocenters. The molecule has 0 amide bonds. The van der Waals surface area contributed by atoms with Crippen LogP contribution in [0.2, 0.25) is 0 Å². The first kappa shape index (κ1) is 14.4. The Balaban J connectivity index is 1.67. The number of aromatic nitrogens is 1. The van der Waals surface area contributed by atoms with Gasteiger partial charge in [0.1, 0.15) is 11.5 Å². The van der Waals surface area contributed by atoms with Gasteiger partial charge >= 0.3 is 0 Å². The molecule has 2 N–H and O–H groups in total. The highest BCUT2D eigenvalue weighted by Gasteiger charge is 2.05. The van der Waals surface area contributed by atoms with Crippen LogP contribution >= 0.6 is 0 Å². The number of anilines is 1. The minimum absolute atomic E-state index is 0.649. The van der Waals surface area contributed by atoms with Crippen LogP contribution in [-0.4, -0.2) is 30.3 Å². The van der Waals surface area contributed by atoms with Gasteiger partial charge in [0, 0.05) is 19.2 Å². The van der Waals surface area contributed by atoms with Crippen LogP contribution in [0.1, 0.15) is 17.9 Å². The number of hydrogen-bond acceptors (Lipinski definition) is 5. The van der Waals surface area contributed by atoms with Crippen LogP contribution in [0.4, 0.5) is 5.69 Å². The lowest BCUT2D eigenvalue weighted by atomic mass is 10.3. The number of nitrogens with two attached hydrogens (primary N) is 1. The first-order valence-electron chi connectivity index (χ1n) is 6.73. The first-order chi connectivity index (χ1) is 9.65. The third-order valence-electron chi connectivity index (χ3n) is 2.97. The van der Waals surface area contributed by atoms with Crippen molar-refractivity contribution in [2.45, 2.75) is 19.9 Å². The largest absolute Gasteiger partial charge is 0.491 e. The minimum atomic E-state index is 0.649. The molecule has 5 nitrogen and oxygen atoms in total. The topological polar surface area (TPSA) is 64.5 Å². The van der Waals surface area contributed by atoms with E-state index in [-0.39, 0.29) is 0 Å². The molecule has 0 saturated heterocycles. The molecule has 0 spiro atoms. The van der Waals surface area contributed by atoms with Gasteiger partial charge in [0.2, 0.25) is 0 Å². The van der Waals surface area contributed by atoms with Crippen molar-refractivity contribution in [1.82, 2.24) is 10.1 Å². The standard InChI is InChI=1S/C15H21N3O2/c1-12-10-13(17-20-12)11-18(2)8-5-9-19-15-7-4-3-6-14(15)16/h3-4,6-7,10H,5,8-9,11,16H2,1-2H3. The predicted octanol–water partition coefficient (Wildman–Crippen LogP) is 2.47. The summed E-state index contributed by atoms with van der Waals surface area (Å²) in [5.74, 6) is 1.60. The maximum Gasteiger partial charge on any atom is 0.142 e. The van der Waals surface area contributed by atoms with Crippen molar-refractivity contribution >= 4 is 5.69 Å². The minimum Gasteiger partial charge on any atom is -0.491 e. The molecule has 0 atom stereocenters. The van der Waals surface area contributed by atoms with Crippen LogP contribution < -0.4 is 10.5 Å². The fourth-order valence-electron chi connectivity index (χ4n) is 1.98. The van der Waals surface area contributed by atoms with E-state index in [2.05, 4.69) is 17.1 Å². The molecule has 0 aliphatic carbocycles. The van der Waals surface area contributed by atoms with Gasteiger partial charge in [-0.25, -0.2) is 0 Å². The molecular formula is C15H21N3O2. The molecule has 20 heavy (non-hydrogen) atoms. The molecule has 0 radical (unpaired) electrons. The van der Waals surface area contributed by atoms with Gasteiger partial charge in [-0.15, -0.1) is 0 Å².